The fourth-order valence-electron chi connectivity index (χ4n) is 2.26. The molecule has 1 N–H and O–H groups in total. The number of ether oxygens (including phenoxy) is 1. The van der Waals surface area contributed by atoms with Crippen molar-refractivity contribution in [2.45, 2.75) is 13.5 Å². The van der Waals surface area contributed by atoms with Gasteiger partial charge in [-0.25, -0.2) is 12.8 Å². The Morgan fingerprint density at radius 2 is 1.73 bits per heavy atom. The molecule has 8 heteroatoms. The Morgan fingerprint density at radius 3 is 2.27 bits per heavy atom. The second kappa shape index (κ2) is 8.66. The molecule has 0 bridgehead atoms. The molecule has 0 saturated heterocycles. The third-order valence-electron chi connectivity index (χ3n) is 3.53. The lowest BCUT2D eigenvalue weighted by Gasteiger charge is -2.21. The molecular weight excluding hydrogens is 359 g/mol. The fourth-order valence-corrected chi connectivity index (χ4v) is 3.12. The van der Waals surface area contributed by atoms with Crippen LogP contribution in [0.1, 0.15) is 12.5 Å². The maximum atomic E-state index is 13.0. The van der Waals surface area contributed by atoms with Gasteiger partial charge in [0.05, 0.1) is 18.6 Å². The average Bonchev–Trinajstić information content (AvgIpc) is 2.59. The van der Waals surface area contributed by atoms with Gasteiger partial charge in [0.2, 0.25) is 15.9 Å². The Morgan fingerprint density at radius 1 is 1.12 bits per heavy atom. The molecule has 2 aromatic carbocycles. The number of carbonyl (C=O) groups excluding carboxylic acids is 1. The molecular formula is C18H21FN2O4S. The molecule has 1 amide bonds. The molecule has 26 heavy (non-hydrogen) atoms. The standard InChI is InChI=1S/C18H21FN2O4S/c1-3-25-17-10-4-14(5-11-17)12-20-18(22)13-21(26(2,23)24)16-8-6-15(19)7-9-16/h4-11H,3,12-13H2,1-2H3,(H,20,22). The van der Waals surface area contributed by atoms with E-state index in [-0.39, 0.29) is 18.8 Å². The first-order valence-electron chi connectivity index (χ1n) is 8.01. The number of carbonyl (C=O) groups is 1. The van der Waals surface area contributed by atoms with Crippen molar-refractivity contribution in [3.8, 4) is 5.75 Å². The third-order valence-corrected chi connectivity index (χ3v) is 4.67. The summed E-state index contributed by atoms with van der Waals surface area (Å²) in [6.45, 7) is 2.33. The molecule has 0 aliphatic rings. The molecule has 0 saturated carbocycles. The van der Waals surface area contributed by atoms with Gasteiger partial charge < -0.3 is 10.1 Å². The van der Waals surface area contributed by atoms with Crippen molar-refractivity contribution in [2.75, 3.05) is 23.7 Å². The van der Waals surface area contributed by atoms with E-state index in [2.05, 4.69) is 5.32 Å². The lowest BCUT2D eigenvalue weighted by atomic mass is 10.2. The van der Waals surface area contributed by atoms with E-state index >= 15 is 0 Å². The van der Waals surface area contributed by atoms with Crippen LogP contribution in [0.4, 0.5) is 10.1 Å². The molecule has 140 valence electrons. The molecule has 0 spiro atoms. The number of hydrogen-bond acceptors (Lipinski definition) is 4. The van der Waals surface area contributed by atoms with Crippen molar-refractivity contribution in [3.63, 3.8) is 0 Å². The zero-order chi connectivity index (χ0) is 19.2. The van der Waals surface area contributed by atoms with Crippen LogP contribution in [0.2, 0.25) is 0 Å². The van der Waals surface area contributed by atoms with Crippen LogP contribution in [-0.2, 0) is 21.4 Å². The smallest absolute Gasteiger partial charge is 0.241 e. The molecule has 0 aliphatic carbocycles. The second-order valence-electron chi connectivity index (χ2n) is 5.60. The van der Waals surface area contributed by atoms with E-state index in [0.29, 0.717) is 6.61 Å². The van der Waals surface area contributed by atoms with Crippen LogP contribution < -0.4 is 14.4 Å². The highest BCUT2D eigenvalue weighted by molar-refractivity contribution is 7.92. The van der Waals surface area contributed by atoms with Crippen LogP contribution >= 0.6 is 0 Å². The number of hydrogen-bond donors (Lipinski definition) is 1. The van der Waals surface area contributed by atoms with Crippen LogP contribution in [0.25, 0.3) is 0 Å². The van der Waals surface area contributed by atoms with Crippen molar-refractivity contribution in [1.29, 1.82) is 0 Å². The molecule has 0 unspecified atom stereocenters. The number of sulfonamides is 1. The van der Waals surface area contributed by atoms with Gasteiger partial charge in [0, 0.05) is 6.54 Å². The normalized spacial score (nSPS) is 11.0. The Bertz CT molecular complexity index is 836. The summed E-state index contributed by atoms with van der Waals surface area (Å²) in [7, 11) is -3.69. The number of amides is 1. The van der Waals surface area contributed by atoms with Crippen molar-refractivity contribution in [2.24, 2.45) is 0 Å². The summed E-state index contributed by atoms with van der Waals surface area (Å²) in [4.78, 5) is 12.2. The van der Waals surface area contributed by atoms with Crippen LogP contribution in [0, 0.1) is 5.82 Å². The highest BCUT2D eigenvalue weighted by Gasteiger charge is 2.20. The fraction of sp³-hybridized carbons (Fsp3) is 0.278. The van der Waals surface area contributed by atoms with Crippen LogP contribution in [0.5, 0.6) is 5.75 Å². The molecule has 0 heterocycles. The Hall–Kier alpha value is -2.61. The number of rotatable bonds is 8. The van der Waals surface area contributed by atoms with E-state index < -0.39 is 21.7 Å². The average molecular weight is 380 g/mol. The maximum Gasteiger partial charge on any atom is 0.241 e. The van der Waals surface area contributed by atoms with E-state index in [1.165, 1.54) is 12.1 Å². The summed E-state index contributed by atoms with van der Waals surface area (Å²) in [5.74, 6) is -0.210. The monoisotopic (exact) mass is 380 g/mol. The predicted octanol–water partition coefficient (Wildman–Crippen LogP) is 2.31. The summed E-state index contributed by atoms with van der Waals surface area (Å²) in [5.41, 5.74) is 1.08. The lowest BCUT2D eigenvalue weighted by molar-refractivity contribution is -0.119. The summed E-state index contributed by atoms with van der Waals surface area (Å²) in [6, 6.07) is 12.2. The van der Waals surface area contributed by atoms with E-state index in [4.69, 9.17) is 4.74 Å². The van der Waals surface area contributed by atoms with Crippen molar-refractivity contribution in [1.82, 2.24) is 5.32 Å². The van der Waals surface area contributed by atoms with Crippen LogP contribution in [0.15, 0.2) is 48.5 Å². The third kappa shape index (κ3) is 5.73. The molecule has 6 nitrogen and oxygen atoms in total. The van der Waals surface area contributed by atoms with Gasteiger partial charge in [-0.05, 0) is 48.9 Å². The number of anilines is 1. The summed E-state index contributed by atoms with van der Waals surface area (Å²) >= 11 is 0. The van der Waals surface area contributed by atoms with Gasteiger partial charge in [-0.3, -0.25) is 9.10 Å². The van der Waals surface area contributed by atoms with Gasteiger partial charge in [-0.15, -0.1) is 0 Å². The molecule has 2 aromatic rings. The van der Waals surface area contributed by atoms with Crippen LogP contribution in [-0.4, -0.2) is 33.7 Å². The number of nitrogens with zero attached hydrogens (tertiary/aromatic N) is 1. The van der Waals surface area contributed by atoms with E-state index in [1.807, 2.05) is 19.1 Å². The minimum absolute atomic E-state index is 0.227. The summed E-state index contributed by atoms with van der Waals surface area (Å²) in [6.07, 6.45) is 0.996. The molecule has 0 radical (unpaired) electrons. The van der Waals surface area contributed by atoms with Crippen molar-refractivity contribution >= 4 is 21.6 Å². The number of benzene rings is 2. The second-order valence-corrected chi connectivity index (χ2v) is 7.51. The zero-order valence-electron chi connectivity index (χ0n) is 14.6. The highest BCUT2D eigenvalue weighted by atomic mass is 32.2. The highest BCUT2D eigenvalue weighted by Crippen LogP contribution is 2.17. The number of halogens is 1. The quantitative estimate of drug-likeness (QED) is 0.763. The Balaban J connectivity index is 2.00. The number of nitrogens with one attached hydrogen (secondary N) is 1. The minimum Gasteiger partial charge on any atom is -0.494 e. The molecule has 0 aliphatic heterocycles. The summed E-state index contributed by atoms with van der Waals surface area (Å²) in [5, 5.41) is 2.67. The first kappa shape index (κ1) is 19.7. The minimum atomic E-state index is -3.69. The summed E-state index contributed by atoms with van der Waals surface area (Å²) < 4.78 is 43.2. The van der Waals surface area contributed by atoms with Crippen molar-refractivity contribution in [3.05, 3.63) is 59.9 Å². The first-order valence-corrected chi connectivity index (χ1v) is 9.86. The van der Waals surface area contributed by atoms with Gasteiger partial charge in [0.15, 0.2) is 0 Å². The lowest BCUT2D eigenvalue weighted by Crippen LogP contribution is -2.40. The molecule has 0 atom stereocenters. The van der Waals surface area contributed by atoms with Gasteiger partial charge in [-0.2, -0.15) is 0 Å². The van der Waals surface area contributed by atoms with Gasteiger partial charge in [-0.1, -0.05) is 12.1 Å². The SMILES string of the molecule is CCOc1ccc(CNC(=O)CN(c2ccc(F)cc2)S(C)(=O)=O)cc1. The maximum absolute atomic E-state index is 13.0. The molecule has 0 fully saturated rings. The van der Waals surface area contributed by atoms with E-state index in [1.54, 1.807) is 12.1 Å². The zero-order valence-corrected chi connectivity index (χ0v) is 15.4. The van der Waals surface area contributed by atoms with E-state index in [9.17, 15) is 17.6 Å². The first-order chi connectivity index (χ1) is 12.3. The van der Waals surface area contributed by atoms with Crippen LogP contribution in [0.3, 0.4) is 0 Å². The molecule has 2 rings (SSSR count). The molecule has 0 aromatic heterocycles. The van der Waals surface area contributed by atoms with Gasteiger partial charge in [0.25, 0.3) is 0 Å². The van der Waals surface area contributed by atoms with E-state index in [0.717, 1.165) is 34.0 Å². The Labute approximate surface area is 152 Å². The topological polar surface area (TPSA) is 75.7 Å². The van der Waals surface area contributed by atoms with Gasteiger partial charge >= 0.3 is 0 Å². The Kier molecular flexibility index (Phi) is 6.57. The predicted molar refractivity (Wildman–Crippen MR) is 98.0 cm³/mol. The largest absolute Gasteiger partial charge is 0.494 e. The van der Waals surface area contributed by atoms with Gasteiger partial charge in [0.1, 0.15) is 18.1 Å². The van der Waals surface area contributed by atoms with Crippen molar-refractivity contribution < 1.29 is 22.3 Å².